The largest absolute Gasteiger partial charge is 3.00 e. The molecule has 0 atom stereocenters. The van der Waals surface area contributed by atoms with E-state index in [-0.39, 0.29) is 61.6 Å². The second kappa shape index (κ2) is 8.87. The van der Waals surface area contributed by atoms with Gasteiger partial charge < -0.3 is 9.11 Å². The predicted octanol–water partition coefficient (Wildman–Crippen LogP) is -1.35. The molecule has 53 valence electrons. The van der Waals surface area contributed by atoms with Gasteiger partial charge in [0.15, 0.2) is 0 Å². The van der Waals surface area contributed by atoms with Crippen molar-refractivity contribution in [3.63, 3.8) is 0 Å². The van der Waals surface area contributed by atoms with Gasteiger partial charge in [-0.25, -0.2) is 0 Å². The molecule has 0 aromatic heterocycles. The van der Waals surface area contributed by atoms with E-state index >= 15 is 0 Å². The average molecular weight is 587 g/mol. The molecule has 8 heavy (non-hydrogen) atoms. The van der Waals surface area contributed by atoms with Gasteiger partial charge in [0.05, 0.1) is 0 Å². The van der Waals surface area contributed by atoms with Gasteiger partial charge in [0.1, 0.15) is 0 Å². The van der Waals surface area contributed by atoms with Gasteiger partial charge >= 0.3 is 61.6 Å². The molecule has 0 aromatic carbocycles. The molecule has 0 fully saturated rings. The normalized spacial score (nSPS) is 7.25. The topological polar surface area (TPSA) is 80.3 Å². The van der Waals surface area contributed by atoms with E-state index in [1.54, 1.807) is 0 Å². The summed E-state index contributed by atoms with van der Waals surface area (Å²) in [5.41, 5.74) is 0. The van der Waals surface area contributed by atoms with E-state index in [1.807, 2.05) is 0 Å². The first kappa shape index (κ1) is 22.5. The minimum absolute atomic E-state index is 0. The van der Waals surface area contributed by atoms with Crippen LogP contribution in [0.15, 0.2) is 0 Å². The maximum absolute atomic E-state index is 8.52. The molecule has 0 spiro atoms. The summed E-state index contributed by atoms with van der Waals surface area (Å²) in [4.78, 5) is 0. The van der Waals surface area contributed by atoms with Gasteiger partial charge in [0, 0.05) is 10.4 Å². The molecule has 0 aromatic rings. The van der Waals surface area contributed by atoms with Crippen molar-refractivity contribution in [2.45, 2.75) is 0 Å². The Morgan fingerprint density at radius 3 is 1.00 bits per heavy atom. The van der Waals surface area contributed by atoms with Gasteiger partial charge in [0.25, 0.3) is 0 Å². The number of hydrogen-bond acceptors (Lipinski definition) is 4. The van der Waals surface area contributed by atoms with Gasteiger partial charge in [0.2, 0.25) is 0 Å². The van der Waals surface area contributed by atoms with E-state index in [0.717, 1.165) is 0 Å². The average Bonchev–Trinajstić information content (AvgIpc) is 0.722. The Bertz CT molecular complexity index is 97.2. The second-order valence-corrected chi connectivity index (χ2v) is 1.22. The summed E-state index contributed by atoms with van der Waals surface area (Å²) in [7, 11) is -5.17. The molecule has 0 saturated heterocycles. The van der Waals surface area contributed by atoms with Crippen LogP contribution in [0.4, 0.5) is 0 Å². The molecule has 0 rings (SSSR count). The fourth-order valence-corrected chi connectivity index (χ4v) is 0. The van der Waals surface area contributed by atoms with Crippen LogP contribution in [0.25, 0.3) is 0 Å². The van der Waals surface area contributed by atoms with Crippen LogP contribution in [0, 0.1) is 0 Å². The molecule has 0 heterocycles. The van der Waals surface area contributed by atoms with E-state index in [1.165, 1.54) is 0 Å². The summed E-state index contributed by atoms with van der Waals surface area (Å²) in [6, 6.07) is 0. The van der Waals surface area contributed by atoms with E-state index in [0.29, 0.717) is 0 Å². The van der Waals surface area contributed by atoms with Gasteiger partial charge in [-0.2, -0.15) is 0 Å². The third kappa shape index (κ3) is 106. The SMILES string of the molecule is O=S(=O)([O-])[O-].[Pt+2].[Pt+2].[Ru+3]. The Labute approximate surface area is 88.7 Å². The Balaban J connectivity index is -0.0000000267. The van der Waals surface area contributed by atoms with Crippen LogP contribution >= 0.6 is 0 Å². The Hall–Kier alpha value is 1.87. The molecule has 0 unspecified atom stereocenters. The molecule has 0 bridgehead atoms. The first-order valence-corrected chi connectivity index (χ1v) is 2.00. The van der Waals surface area contributed by atoms with Crippen LogP contribution in [0.1, 0.15) is 0 Å². The smallest absolute Gasteiger partial charge is 0.759 e. The molecule has 0 saturated carbocycles. The Morgan fingerprint density at radius 1 is 1.00 bits per heavy atom. The summed E-state index contributed by atoms with van der Waals surface area (Å²) in [5.74, 6) is 0. The number of hydrogen-bond donors (Lipinski definition) is 0. The molecule has 0 N–H and O–H groups in total. The summed E-state index contributed by atoms with van der Waals surface area (Å²) < 4.78 is 34.1. The van der Waals surface area contributed by atoms with Crippen molar-refractivity contribution in [3.05, 3.63) is 0 Å². The summed E-state index contributed by atoms with van der Waals surface area (Å²) in [6.07, 6.45) is 0. The van der Waals surface area contributed by atoms with E-state index in [4.69, 9.17) is 17.5 Å². The van der Waals surface area contributed by atoms with Gasteiger partial charge in [-0.15, -0.1) is 0 Å². The molecule has 0 amide bonds. The van der Waals surface area contributed by atoms with Crippen molar-refractivity contribution in [1.29, 1.82) is 0 Å². The van der Waals surface area contributed by atoms with E-state index in [9.17, 15) is 0 Å². The fourth-order valence-electron chi connectivity index (χ4n) is 0. The van der Waals surface area contributed by atoms with Gasteiger partial charge in [-0.3, -0.25) is 8.42 Å². The van der Waals surface area contributed by atoms with Crippen molar-refractivity contribution in [2.75, 3.05) is 0 Å². The predicted molar refractivity (Wildman–Crippen MR) is 10.5 cm³/mol. The van der Waals surface area contributed by atoms with Crippen LogP contribution in [0.3, 0.4) is 0 Å². The summed E-state index contributed by atoms with van der Waals surface area (Å²) in [6.45, 7) is 0. The molecule has 0 aliphatic rings. The zero-order valence-electron chi connectivity index (χ0n) is 3.03. The van der Waals surface area contributed by atoms with Crippen LogP contribution < -0.4 is 0 Å². The quantitative estimate of drug-likeness (QED) is 0.200. The summed E-state index contributed by atoms with van der Waals surface area (Å²) in [5, 5.41) is 0. The first-order chi connectivity index (χ1) is 2.00. The van der Waals surface area contributed by atoms with Gasteiger partial charge in [-0.05, 0) is 0 Å². The summed E-state index contributed by atoms with van der Waals surface area (Å²) >= 11 is 0. The zero-order chi connectivity index (χ0) is 4.50. The first-order valence-electron chi connectivity index (χ1n) is 0.667. The molecule has 0 aliphatic carbocycles. The minimum Gasteiger partial charge on any atom is -0.759 e. The van der Waals surface area contributed by atoms with E-state index < -0.39 is 10.4 Å². The van der Waals surface area contributed by atoms with Crippen molar-refractivity contribution in [1.82, 2.24) is 0 Å². The van der Waals surface area contributed by atoms with Crippen molar-refractivity contribution in [3.8, 4) is 0 Å². The van der Waals surface area contributed by atoms with Crippen molar-refractivity contribution >= 4 is 10.4 Å². The Kier molecular flexibility index (Phi) is 25.0. The van der Waals surface area contributed by atoms with Crippen LogP contribution in [0.2, 0.25) is 0 Å². The minimum atomic E-state index is -5.17. The molecule has 1 radical (unpaired) electrons. The Morgan fingerprint density at radius 2 is 1.00 bits per heavy atom. The molecule has 4 nitrogen and oxygen atoms in total. The zero-order valence-corrected chi connectivity index (χ0v) is 10.1. The monoisotopic (exact) mass is 588 g/mol. The molecule has 8 heteroatoms. The van der Waals surface area contributed by atoms with Crippen molar-refractivity contribution < 1.29 is 79.1 Å². The molecular formula is O4Pt2RuS+5. The van der Waals surface area contributed by atoms with E-state index in [2.05, 4.69) is 0 Å². The van der Waals surface area contributed by atoms with Gasteiger partial charge in [-0.1, -0.05) is 0 Å². The fraction of sp³-hybridized carbons (Fsp3) is 0. The second-order valence-electron chi connectivity index (χ2n) is 0.408. The van der Waals surface area contributed by atoms with Crippen molar-refractivity contribution in [2.24, 2.45) is 0 Å². The maximum atomic E-state index is 8.52. The third-order valence-electron chi connectivity index (χ3n) is 0. The van der Waals surface area contributed by atoms with Crippen LogP contribution in [-0.4, -0.2) is 17.5 Å². The third-order valence-corrected chi connectivity index (χ3v) is 0. The molecular weight excluding hydrogens is 587 g/mol. The van der Waals surface area contributed by atoms with Crippen LogP contribution in [-0.2, 0) is 72.0 Å². The molecule has 0 aliphatic heterocycles. The number of rotatable bonds is 0. The van der Waals surface area contributed by atoms with Crippen LogP contribution in [0.5, 0.6) is 0 Å². The maximum Gasteiger partial charge on any atom is 3.00 e. The standard InChI is InChI=1S/H2O4S.2Pt.Ru/c1-5(2,3)4;;;/h(H2,1,2,3,4);;;/q;2*+2;+3/p-2.